The van der Waals surface area contributed by atoms with Crippen LogP contribution in [-0.2, 0) is 0 Å². The van der Waals surface area contributed by atoms with Crippen LogP contribution < -0.4 is 5.32 Å². The second-order valence-electron chi connectivity index (χ2n) is 4.81. The molecule has 0 atom stereocenters. The van der Waals surface area contributed by atoms with Crippen LogP contribution in [0.2, 0.25) is 0 Å². The number of hydrogen-bond donors (Lipinski definition) is 1. The molecule has 0 bridgehead atoms. The lowest BCUT2D eigenvalue weighted by Crippen LogP contribution is -2.07. The standard InChI is InChI=1S/C14H13N5/c1-2-4-10(5-3-1)12-8-13(16-11-6-7-11)19-9-15-18-14(19)17-12/h1-5,8-9,11,16H,6-7H2. The first-order valence-corrected chi connectivity index (χ1v) is 6.43. The van der Waals surface area contributed by atoms with Gasteiger partial charge in [-0.2, -0.15) is 0 Å². The molecular formula is C14H13N5. The van der Waals surface area contributed by atoms with Crippen molar-refractivity contribution >= 4 is 11.6 Å². The molecule has 5 nitrogen and oxygen atoms in total. The van der Waals surface area contributed by atoms with Crippen LogP contribution in [0.1, 0.15) is 12.8 Å². The van der Waals surface area contributed by atoms with Crippen molar-refractivity contribution in [2.45, 2.75) is 18.9 Å². The molecule has 0 unspecified atom stereocenters. The van der Waals surface area contributed by atoms with Crippen LogP contribution in [0.15, 0.2) is 42.7 Å². The molecule has 2 aromatic heterocycles. The summed E-state index contributed by atoms with van der Waals surface area (Å²) in [4.78, 5) is 4.54. The van der Waals surface area contributed by atoms with E-state index in [1.54, 1.807) is 6.33 Å². The van der Waals surface area contributed by atoms with Crippen LogP contribution >= 0.6 is 0 Å². The first kappa shape index (κ1) is 10.5. The first-order chi connectivity index (χ1) is 9.40. The van der Waals surface area contributed by atoms with Gasteiger partial charge in [0.1, 0.15) is 12.1 Å². The largest absolute Gasteiger partial charge is 0.368 e. The minimum atomic E-state index is 0.580. The van der Waals surface area contributed by atoms with Gasteiger partial charge in [-0.1, -0.05) is 30.3 Å². The number of nitrogens with zero attached hydrogens (tertiary/aromatic N) is 4. The maximum atomic E-state index is 4.54. The number of rotatable bonds is 3. The number of fused-ring (bicyclic) bond motifs is 1. The highest BCUT2D eigenvalue weighted by Crippen LogP contribution is 2.27. The van der Waals surface area contributed by atoms with E-state index >= 15 is 0 Å². The first-order valence-electron chi connectivity index (χ1n) is 6.43. The molecule has 1 saturated carbocycles. The Morgan fingerprint density at radius 2 is 2.00 bits per heavy atom. The van der Waals surface area contributed by atoms with Crippen LogP contribution in [0.3, 0.4) is 0 Å². The zero-order chi connectivity index (χ0) is 12.7. The van der Waals surface area contributed by atoms with E-state index in [0.29, 0.717) is 11.8 Å². The third-order valence-corrected chi connectivity index (χ3v) is 3.28. The van der Waals surface area contributed by atoms with Gasteiger partial charge in [-0.15, -0.1) is 10.2 Å². The maximum absolute atomic E-state index is 4.54. The monoisotopic (exact) mass is 251 g/mol. The molecule has 2 heterocycles. The molecule has 1 fully saturated rings. The molecule has 0 spiro atoms. The molecule has 1 N–H and O–H groups in total. The Balaban J connectivity index is 1.87. The van der Waals surface area contributed by atoms with Crippen LogP contribution in [0.4, 0.5) is 5.82 Å². The van der Waals surface area contributed by atoms with Gasteiger partial charge in [0, 0.05) is 17.7 Å². The van der Waals surface area contributed by atoms with Gasteiger partial charge in [0.2, 0.25) is 0 Å². The molecule has 0 aliphatic heterocycles. The van der Waals surface area contributed by atoms with Crippen molar-refractivity contribution in [2.24, 2.45) is 0 Å². The predicted molar refractivity (Wildman–Crippen MR) is 72.9 cm³/mol. The van der Waals surface area contributed by atoms with Crippen molar-refractivity contribution < 1.29 is 0 Å². The van der Waals surface area contributed by atoms with Crippen molar-refractivity contribution in [1.82, 2.24) is 19.6 Å². The number of nitrogens with one attached hydrogen (secondary N) is 1. The highest BCUT2D eigenvalue weighted by atomic mass is 15.3. The number of aromatic nitrogens is 4. The lowest BCUT2D eigenvalue weighted by Gasteiger charge is -2.09. The molecule has 0 saturated heterocycles. The lowest BCUT2D eigenvalue weighted by molar-refractivity contribution is 1.05. The summed E-state index contributed by atoms with van der Waals surface area (Å²) in [6.45, 7) is 0. The van der Waals surface area contributed by atoms with Crippen LogP contribution in [0.25, 0.3) is 17.0 Å². The normalized spacial score (nSPS) is 14.7. The van der Waals surface area contributed by atoms with E-state index in [4.69, 9.17) is 0 Å². The smallest absolute Gasteiger partial charge is 0.256 e. The molecule has 0 amide bonds. The third kappa shape index (κ3) is 1.93. The quantitative estimate of drug-likeness (QED) is 0.776. The number of benzene rings is 1. The van der Waals surface area contributed by atoms with Crippen LogP contribution in [0.5, 0.6) is 0 Å². The predicted octanol–water partition coefficient (Wildman–Crippen LogP) is 2.37. The van der Waals surface area contributed by atoms with Gasteiger partial charge in [0.05, 0.1) is 5.69 Å². The zero-order valence-corrected chi connectivity index (χ0v) is 10.3. The van der Waals surface area contributed by atoms with Crippen LogP contribution in [0, 0.1) is 0 Å². The SMILES string of the molecule is c1ccc(-c2cc(NC3CC3)n3cnnc3n2)cc1. The van der Waals surface area contributed by atoms with Gasteiger partial charge < -0.3 is 5.32 Å². The summed E-state index contributed by atoms with van der Waals surface area (Å²) in [6, 6.07) is 12.8. The molecule has 1 aliphatic rings. The average Bonchev–Trinajstić information content (AvgIpc) is 3.14. The molecule has 4 rings (SSSR count). The molecule has 0 radical (unpaired) electrons. The van der Waals surface area contributed by atoms with Gasteiger partial charge in [0.25, 0.3) is 5.78 Å². The highest BCUT2D eigenvalue weighted by molar-refractivity contribution is 5.65. The third-order valence-electron chi connectivity index (χ3n) is 3.28. The average molecular weight is 251 g/mol. The Labute approximate surface area is 110 Å². The Morgan fingerprint density at radius 3 is 2.79 bits per heavy atom. The maximum Gasteiger partial charge on any atom is 0.256 e. The Kier molecular flexibility index (Phi) is 2.24. The minimum absolute atomic E-state index is 0.580. The van der Waals surface area contributed by atoms with E-state index in [9.17, 15) is 0 Å². The van der Waals surface area contributed by atoms with Gasteiger partial charge >= 0.3 is 0 Å². The van der Waals surface area contributed by atoms with E-state index in [2.05, 4.69) is 38.7 Å². The Hall–Kier alpha value is -2.43. The van der Waals surface area contributed by atoms with E-state index < -0.39 is 0 Å². The lowest BCUT2D eigenvalue weighted by atomic mass is 10.1. The van der Waals surface area contributed by atoms with Crippen molar-refractivity contribution in [3.05, 3.63) is 42.7 Å². The highest BCUT2D eigenvalue weighted by Gasteiger charge is 2.22. The topological polar surface area (TPSA) is 55.1 Å². The molecule has 3 aromatic rings. The Morgan fingerprint density at radius 1 is 1.16 bits per heavy atom. The molecule has 94 valence electrons. The van der Waals surface area contributed by atoms with Crippen molar-refractivity contribution in [3.63, 3.8) is 0 Å². The van der Waals surface area contributed by atoms with E-state index in [1.165, 1.54) is 12.8 Å². The van der Waals surface area contributed by atoms with Gasteiger partial charge in [-0.3, -0.25) is 4.40 Å². The van der Waals surface area contributed by atoms with E-state index in [1.807, 2.05) is 22.6 Å². The van der Waals surface area contributed by atoms with Gasteiger partial charge in [0.15, 0.2) is 0 Å². The summed E-state index contributed by atoms with van der Waals surface area (Å²) in [5, 5.41) is 11.5. The fraction of sp³-hybridized carbons (Fsp3) is 0.214. The second kappa shape index (κ2) is 4.05. The van der Waals surface area contributed by atoms with E-state index in [-0.39, 0.29) is 0 Å². The van der Waals surface area contributed by atoms with Gasteiger partial charge in [-0.25, -0.2) is 4.98 Å². The summed E-state index contributed by atoms with van der Waals surface area (Å²) in [5.74, 6) is 1.64. The number of anilines is 1. The van der Waals surface area contributed by atoms with E-state index in [0.717, 1.165) is 17.1 Å². The molecule has 5 heteroatoms. The summed E-state index contributed by atoms with van der Waals surface area (Å²) >= 11 is 0. The van der Waals surface area contributed by atoms with Crippen molar-refractivity contribution in [1.29, 1.82) is 0 Å². The van der Waals surface area contributed by atoms with Crippen molar-refractivity contribution in [3.8, 4) is 11.3 Å². The summed E-state index contributed by atoms with van der Waals surface area (Å²) in [7, 11) is 0. The molecule has 19 heavy (non-hydrogen) atoms. The van der Waals surface area contributed by atoms with Crippen LogP contribution in [-0.4, -0.2) is 25.6 Å². The summed E-state index contributed by atoms with van der Waals surface area (Å²) in [5.41, 5.74) is 2.01. The summed E-state index contributed by atoms with van der Waals surface area (Å²) < 4.78 is 1.89. The molecule has 1 aliphatic carbocycles. The summed E-state index contributed by atoms with van der Waals surface area (Å²) in [6.07, 6.45) is 4.15. The fourth-order valence-corrected chi connectivity index (χ4v) is 2.12. The van der Waals surface area contributed by atoms with Crippen molar-refractivity contribution in [2.75, 3.05) is 5.32 Å². The zero-order valence-electron chi connectivity index (χ0n) is 10.3. The molecular weight excluding hydrogens is 238 g/mol. The molecule has 1 aromatic carbocycles. The Bertz CT molecular complexity index is 715. The minimum Gasteiger partial charge on any atom is -0.368 e. The fourth-order valence-electron chi connectivity index (χ4n) is 2.12. The number of hydrogen-bond acceptors (Lipinski definition) is 4. The van der Waals surface area contributed by atoms with Gasteiger partial charge in [-0.05, 0) is 12.8 Å². The second-order valence-corrected chi connectivity index (χ2v) is 4.81.